The molecular weight excluding hydrogens is 329 g/mol. The van der Waals surface area contributed by atoms with Gasteiger partial charge < -0.3 is 10.1 Å². The maximum Gasteiger partial charge on any atom is 0.416 e. The lowest BCUT2D eigenvalue weighted by Gasteiger charge is -2.27. The number of rotatable bonds is 2. The predicted octanol–water partition coefficient (Wildman–Crippen LogP) is 4.82. The van der Waals surface area contributed by atoms with E-state index >= 15 is 0 Å². The summed E-state index contributed by atoms with van der Waals surface area (Å²) in [5.41, 5.74) is 0.377. The third-order valence-corrected chi connectivity index (χ3v) is 3.85. The van der Waals surface area contributed by atoms with Crippen LogP contribution in [0.5, 0.6) is 5.75 Å². The van der Waals surface area contributed by atoms with Gasteiger partial charge in [-0.15, -0.1) is 0 Å². The summed E-state index contributed by atoms with van der Waals surface area (Å²) in [6.07, 6.45) is -5.41. The predicted molar refractivity (Wildman–Crippen MR) is 83.2 cm³/mol. The smallest absolute Gasteiger partial charge is 0.416 e. The number of hydrogen-bond donors (Lipinski definition) is 1. The molecule has 3 rings (SSSR count). The molecule has 0 bridgehead atoms. The summed E-state index contributed by atoms with van der Waals surface area (Å²) in [5.74, 6) is 0.491. The lowest BCUT2D eigenvalue weighted by atomic mass is 10.0. The molecule has 1 unspecified atom stereocenters. The quantitative estimate of drug-likeness (QED) is 0.850. The van der Waals surface area contributed by atoms with E-state index in [4.69, 9.17) is 16.3 Å². The van der Waals surface area contributed by atoms with Gasteiger partial charge in [0, 0.05) is 11.1 Å². The summed E-state index contributed by atoms with van der Waals surface area (Å²) in [6.45, 7) is 0. The lowest BCUT2D eigenvalue weighted by Crippen LogP contribution is -2.21. The molecule has 1 heterocycles. The minimum atomic E-state index is -4.47. The van der Waals surface area contributed by atoms with Crippen molar-refractivity contribution in [3.05, 3.63) is 59.2 Å². The number of halogens is 4. The summed E-state index contributed by atoms with van der Waals surface area (Å²) in [4.78, 5) is 4.16. The molecule has 23 heavy (non-hydrogen) atoms. The van der Waals surface area contributed by atoms with Crippen LogP contribution < -0.4 is 10.1 Å². The highest BCUT2D eigenvalue weighted by Crippen LogP contribution is 2.41. The number of fused-ring (bicyclic) bond motifs is 1. The first-order valence-electron chi connectivity index (χ1n) is 6.75. The molecule has 3 nitrogen and oxygen atoms in total. The number of benzene rings is 2. The van der Waals surface area contributed by atoms with Crippen molar-refractivity contribution in [2.45, 2.75) is 12.3 Å². The van der Waals surface area contributed by atoms with Crippen LogP contribution in [0, 0.1) is 0 Å². The fraction of sp³-hybridized carbons (Fsp3) is 0.188. The molecule has 0 radical (unpaired) electrons. The van der Waals surface area contributed by atoms with Gasteiger partial charge in [-0.1, -0.05) is 35.9 Å². The molecule has 7 heteroatoms. The van der Waals surface area contributed by atoms with Gasteiger partial charge >= 0.3 is 6.18 Å². The number of aliphatic imine (C=N–C) groups is 1. The maximum absolute atomic E-state index is 13.2. The standard InChI is InChI=1S/C16H12ClF3N2O/c1-23-12-8-4-6-10-13(12)21-15(22-14(10)17)9-5-2-3-7-11(9)16(18,19)20/h2-8,15,21H,1H3. The van der Waals surface area contributed by atoms with Crippen LogP contribution in [-0.2, 0) is 6.18 Å². The van der Waals surface area contributed by atoms with Crippen molar-refractivity contribution < 1.29 is 17.9 Å². The monoisotopic (exact) mass is 340 g/mol. The number of nitrogens with one attached hydrogen (secondary N) is 1. The third-order valence-electron chi connectivity index (χ3n) is 3.55. The first kappa shape index (κ1) is 15.7. The van der Waals surface area contributed by atoms with Gasteiger partial charge in [-0.3, -0.25) is 0 Å². The van der Waals surface area contributed by atoms with Crippen molar-refractivity contribution in [1.29, 1.82) is 0 Å². The highest BCUT2D eigenvalue weighted by molar-refractivity contribution is 6.70. The van der Waals surface area contributed by atoms with E-state index in [1.807, 2.05) is 0 Å². The van der Waals surface area contributed by atoms with Crippen LogP contribution in [0.1, 0.15) is 22.9 Å². The first-order valence-corrected chi connectivity index (χ1v) is 7.13. The molecule has 0 saturated carbocycles. The highest BCUT2D eigenvalue weighted by Gasteiger charge is 2.36. The number of hydrogen-bond acceptors (Lipinski definition) is 3. The maximum atomic E-state index is 13.2. The highest BCUT2D eigenvalue weighted by atomic mass is 35.5. The van der Waals surface area contributed by atoms with E-state index < -0.39 is 17.9 Å². The van der Waals surface area contributed by atoms with E-state index in [9.17, 15) is 13.2 Å². The molecule has 1 atom stereocenters. The van der Waals surface area contributed by atoms with Gasteiger partial charge in [-0.2, -0.15) is 13.2 Å². The Balaban J connectivity index is 2.10. The Bertz CT molecular complexity index is 774. The average Bonchev–Trinajstić information content (AvgIpc) is 2.53. The normalized spacial score (nSPS) is 17.1. The Morgan fingerprint density at radius 1 is 1.13 bits per heavy atom. The third kappa shape index (κ3) is 2.86. The second-order valence-electron chi connectivity index (χ2n) is 4.93. The van der Waals surface area contributed by atoms with Crippen molar-refractivity contribution in [3.63, 3.8) is 0 Å². The molecule has 0 saturated heterocycles. The molecule has 1 aliphatic heterocycles. The minimum absolute atomic E-state index is 0.00899. The first-order chi connectivity index (χ1) is 10.9. The molecule has 120 valence electrons. The molecule has 0 spiro atoms. The van der Waals surface area contributed by atoms with Crippen LogP contribution in [-0.4, -0.2) is 12.3 Å². The summed E-state index contributed by atoms with van der Waals surface area (Å²) < 4.78 is 44.9. The SMILES string of the molecule is COc1cccc2c1NC(c1ccccc1C(F)(F)F)N=C2Cl. The zero-order valence-corrected chi connectivity index (χ0v) is 12.7. The van der Waals surface area contributed by atoms with Crippen LogP contribution in [0.15, 0.2) is 47.5 Å². The average molecular weight is 341 g/mol. The largest absolute Gasteiger partial charge is 0.495 e. The van der Waals surface area contributed by atoms with Gasteiger partial charge in [-0.25, -0.2) is 4.99 Å². The van der Waals surface area contributed by atoms with Gasteiger partial charge in [-0.05, 0) is 18.2 Å². The number of anilines is 1. The van der Waals surface area contributed by atoms with Gasteiger partial charge in [0.25, 0.3) is 0 Å². The molecule has 1 aliphatic rings. The molecule has 2 aromatic carbocycles. The minimum Gasteiger partial charge on any atom is -0.495 e. The summed E-state index contributed by atoms with van der Waals surface area (Å²) in [7, 11) is 1.48. The summed E-state index contributed by atoms with van der Waals surface area (Å²) in [5, 5.41) is 3.12. The molecule has 1 N–H and O–H groups in total. The van der Waals surface area contributed by atoms with Crippen LogP contribution in [0.2, 0.25) is 0 Å². The lowest BCUT2D eigenvalue weighted by molar-refractivity contribution is -0.138. The molecule has 0 aromatic heterocycles. The van der Waals surface area contributed by atoms with E-state index in [2.05, 4.69) is 10.3 Å². The van der Waals surface area contributed by atoms with Crippen LogP contribution in [0.4, 0.5) is 18.9 Å². The number of methoxy groups -OCH3 is 1. The van der Waals surface area contributed by atoms with E-state index in [-0.39, 0.29) is 10.7 Å². The topological polar surface area (TPSA) is 33.6 Å². The van der Waals surface area contributed by atoms with Gasteiger partial charge in [0.15, 0.2) is 0 Å². The van der Waals surface area contributed by atoms with Crippen LogP contribution >= 0.6 is 11.6 Å². The second-order valence-corrected chi connectivity index (χ2v) is 5.29. The van der Waals surface area contributed by atoms with Crippen molar-refractivity contribution in [3.8, 4) is 5.75 Å². The number of para-hydroxylation sites is 1. The Labute approximate surface area is 135 Å². The van der Waals surface area contributed by atoms with E-state index in [0.717, 1.165) is 6.07 Å². The molecule has 0 aliphatic carbocycles. The fourth-order valence-corrected chi connectivity index (χ4v) is 2.77. The Morgan fingerprint density at radius 2 is 1.87 bits per heavy atom. The van der Waals surface area contributed by atoms with E-state index in [1.54, 1.807) is 18.2 Å². The Hall–Kier alpha value is -2.21. The number of ether oxygens (including phenoxy) is 1. The molecular formula is C16H12ClF3N2O. The zero-order chi connectivity index (χ0) is 16.6. The van der Waals surface area contributed by atoms with Gasteiger partial charge in [0.05, 0.1) is 18.4 Å². The Morgan fingerprint density at radius 3 is 2.57 bits per heavy atom. The fourth-order valence-electron chi connectivity index (χ4n) is 2.51. The summed E-state index contributed by atoms with van der Waals surface area (Å²) in [6, 6.07) is 10.5. The Kier molecular flexibility index (Phi) is 3.93. The zero-order valence-electron chi connectivity index (χ0n) is 12.0. The summed E-state index contributed by atoms with van der Waals surface area (Å²) >= 11 is 6.16. The van der Waals surface area contributed by atoms with Gasteiger partial charge in [0.2, 0.25) is 0 Å². The van der Waals surface area contributed by atoms with Crippen LogP contribution in [0.25, 0.3) is 0 Å². The van der Waals surface area contributed by atoms with E-state index in [1.165, 1.54) is 25.3 Å². The molecule has 0 amide bonds. The van der Waals surface area contributed by atoms with Gasteiger partial charge in [0.1, 0.15) is 17.1 Å². The van der Waals surface area contributed by atoms with Crippen molar-refractivity contribution in [1.82, 2.24) is 0 Å². The molecule has 0 fully saturated rings. The van der Waals surface area contributed by atoms with Crippen molar-refractivity contribution in [2.75, 3.05) is 12.4 Å². The second kappa shape index (κ2) is 5.77. The number of alkyl halides is 3. The van der Waals surface area contributed by atoms with Crippen molar-refractivity contribution in [2.24, 2.45) is 4.99 Å². The molecule has 2 aromatic rings. The van der Waals surface area contributed by atoms with E-state index in [0.29, 0.717) is 17.0 Å². The van der Waals surface area contributed by atoms with Crippen molar-refractivity contribution >= 4 is 22.5 Å². The number of nitrogens with zero attached hydrogens (tertiary/aromatic N) is 1. The van der Waals surface area contributed by atoms with Crippen LogP contribution in [0.3, 0.4) is 0 Å².